The van der Waals surface area contributed by atoms with Crippen LogP contribution in [0.5, 0.6) is 11.5 Å². The first-order valence-corrected chi connectivity index (χ1v) is 14.3. The van der Waals surface area contributed by atoms with Gasteiger partial charge in [0.05, 0.1) is 6.61 Å². The van der Waals surface area contributed by atoms with Crippen LogP contribution in [0.4, 0.5) is 11.4 Å². The van der Waals surface area contributed by atoms with Crippen LogP contribution >= 0.6 is 0 Å². The Labute approximate surface area is 236 Å². The summed E-state index contributed by atoms with van der Waals surface area (Å²) in [7, 11) is 0. The number of carbonyl (C=O) groups is 1. The van der Waals surface area contributed by atoms with Gasteiger partial charge in [0.1, 0.15) is 17.5 Å². The highest BCUT2D eigenvalue weighted by atomic mass is 16.5. The molecule has 0 saturated carbocycles. The van der Waals surface area contributed by atoms with E-state index in [2.05, 4.69) is 63.5 Å². The third-order valence-electron chi connectivity index (χ3n) is 7.78. The molecule has 3 aromatic carbocycles. The van der Waals surface area contributed by atoms with E-state index in [1.807, 2.05) is 17.9 Å². The number of amides is 1. The van der Waals surface area contributed by atoms with Crippen molar-refractivity contribution in [1.82, 2.24) is 9.80 Å². The highest BCUT2D eigenvalue weighted by Gasteiger charge is 2.25. The lowest BCUT2D eigenvalue weighted by Gasteiger charge is -2.37. The van der Waals surface area contributed by atoms with E-state index >= 15 is 0 Å². The zero-order valence-electron chi connectivity index (χ0n) is 23.2. The summed E-state index contributed by atoms with van der Waals surface area (Å²) < 4.78 is 11.6. The van der Waals surface area contributed by atoms with E-state index < -0.39 is 0 Å². The predicted octanol–water partition coefficient (Wildman–Crippen LogP) is 5.73. The molecule has 3 aromatic rings. The molecule has 0 radical (unpaired) electrons. The molecule has 5 rings (SSSR count). The Kier molecular flexibility index (Phi) is 9.29. The minimum absolute atomic E-state index is 0.0309. The summed E-state index contributed by atoms with van der Waals surface area (Å²) in [5.41, 5.74) is 4.00. The fraction of sp³-hybridized carbons (Fsp3) is 0.406. The molecule has 40 heavy (non-hydrogen) atoms. The molecule has 0 spiro atoms. The van der Waals surface area contributed by atoms with E-state index in [9.17, 15) is 9.70 Å². The number of hydrogen-bond donors (Lipinski definition) is 0. The van der Waals surface area contributed by atoms with Crippen molar-refractivity contribution in [3.05, 3.63) is 77.7 Å². The number of likely N-dealkylation sites (tertiary alicyclic amines) is 1. The Bertz CT molecular complexity index is 1250. The van der Waals surface area contributed by atoms with E-state index in [1.54, 1.807) is 18.2 Å². The van der Waals surface area contributed by atoms with Crippen LogP contribution in [0, 0.1) is 4.91 Å². The van der Waals surface area contributed by atoms with E-state index in [0.717, 1.165) is 45.6 Å². The minimum atomic E-state index is 0.0309. The first kappa shape index (κ1) is 27.6. The first-order valence-electron chi connectivity index (χ1n) is 14.3. The number of anilines is 1. The monoisotopic (exact) mass is 542 g/mol. The second-order valence-corrected chi connectivity index (χ2v) is 10.3. The van der Waals surface area contributed by atoms with Crippen LogP contribution in [-0.2, 0) is 4.79 Å². The molecule has 0 bridgehead atoms. The number of piperazine rings is 1. The van der Waals surface area contributed by atoms with Gasteiger partial charge in [-0.05, 0) is 47.5 Å². The highest BCUT2D eigenvalue weighted by Crippen LogP contribution is 2.33. The van der Waals surface area contributed by atoms with Crippen molar-refractivity contribution in [2.75, 3.05) is 57.3 Å². The average molecular weight is 543 g/mol. The summed E-state index contributed by atoms with van der Waals surface area (Å²) in [5, 5.41) is 3.01. The van der Waals surface area contributed by atoms with E-state index in [1.165, 1.54) is 16.8 Å². The van der Waals surface area contributed by atoms with Gasteiger partial charge >= 0.3 is 0 Å². The van der Waals surface area contributed by atoms with Crippen LogP contribution < -0.4 is 14.4 Å². The van der Waals surface area contributed by atoms with Gasteiger partial charge in [-0.25, -0.2) is 0 Å². The summed E-state index contributed by atoms with van der Waals surface area (Å²) in [6, 6.07) is 24.4. The van der Waals surface area contributed by atoms with Gasteiger partial charge in [-0.1, -0.05) is 42.5 Å². The fourth-order valence-corrected chi connectivity index (χ4v) is 5.47. The fourth-order valence-electron chi connectivity index (χ4n) is 5.47. The third-order valence-corrected chi connectivity index (χ3v) is 7.78. The van der Waals surface area contributed by atoms with Crippen molar-refractivity contribution < 1.29 is 14.3 Å². The van der Waals surface area contributed by atoms with Crippen molar-refractivity contribution in [2.24, 2.45) is 5.18 Å². The van der Waals surface area contributed by atoms with Crippen LogP contribution in [0.15, 0.2) is 78.0 Å². The quantitative estimate of drug-likeness (QED) is 0.305. The molecule has 1 amide bonds. The molecule has 2 aliphatic rings. The van der Waals surface area contributed by atoms with Gasteiger partial charge in [-0.15, -0.1) is 4.91 Å². The van der Waals surface area contributed by atoms with Gasteiger partial charge in [0.15, 0.2) is 5.75 Å². The molecule has 2 heterocycles. The number of benzene rings is 3. The molecular formula is C32H38N4O4. The molecule has 0 aromatic heterocycles. The molecule has 0 aliphatic carbocycles. The average Bonchev–Trinajstić information content (AvgIpc) is 3.01. The third kappa shape index (κ3) is 6.99. The maximum absolute atomic E-state index is 12.9. The Balaban J connectivity index is 1.02. The minimum Gasteiger partial charge on any atom is -0.491 e. The van der Waals surface area contributed by atoms with Gasteiger partial charge in [0.2, 0.25) is 5.91 Å². The van der Waals surface area contributed by atoms with Crippen molar-refractivity contribution >= 4 is 17.3 Å². The van der Waals surface area contributed by atoms with E-state index in [-0.39, 0.29) is 17.7 Å². The van der Waals surface area contributed by atoms with Crippen LogP contribution in [-0.4, -0.2) is 74.2 Å². The maximum atomic E-state index is 12.9. The molecule has 210 valence electrons. The van der Waals surface area contributed by atoms with Crippen molar-refractivity contribution in [2.45, 2.75) is 32.3 Å². The second-order valence-electron chi connectivity index (χ2n) is 10.3. The largest absolute Gasteiger partial charge is 0.491 e. The van der Waals surface area contributed by atoms with Crippen LogP contribution in [0.1, 0.15) is 26.2 Å². The molecule has 8 heteroatoms. The molecule has 2 saturated heterocycles. The number of piperidine rings is 1. The smallest absolute Gasteiger partial charge is 0.223 e. The summed E-state index contributed by atoms with van der Waals surface area (Å²) in [6.45, 7) is 8.37. The lowest BCUT2D eigenvalue weighted by atomic mass is 10.1. The van der Waals surface area contributed by atoms with E-state index in [4.69, 9.17) is 9.47 Å². The first-order chi connectivity index (χ1) is 19.6. The Morgan fingerprint density at radius 1 is 0.875 bits per heavy atom. The summed E-state index contributed by atoms with van der Waals surface area (Å²) in [6.07, 6.45) is 2.15. The molecule has 0 N–H and O–H groups in total. The number of nitroso groups, excluding NO2 is 1. The van der Waals surface area contributed by atoms with Gasteiger partial charge in [0, 0.05) is 76.8 Å². The molecule has 0 unspecified atom stereocenters. The SMILES string of the molecule is CCOc1cc(OC2CCN(C(=O)CCN3CCN(c4ccc(-c5ccccc5)cc4)CC3)CC2)ccc1N=O. The standard InChI is InChI=1S/C32H38N4O4/c1-2-39-31-24-29(12-13-30(31)33-38)40-28-14-18-36(19-15-28)32(37)16-17-34-20-22-35(23-21-34)27-10-8-26(9-11-27)25-6-4-3-5-7-25/h3-13,24,28H,2,14-23H2,1H3. The summed E-state index contributed by atoms with van der Waals surface area (Å²) in [4.78, 5) is 30.7. The number of nitrogens with zero attached hydrogens (tertiary/aromatic N) is 4. The Morgan fingerprint density at radius 3 is 2.25 bits per heavy atom. The lowest BCUT2D eigenvalue weighted by Crippen LogP contribution is -2.48. The second kappa shape index (κ2) is 13.4. The summed E-state index contributed by atoms with van der Waals surface area (Å²) in [5.74, 6) is 1.31. The van der Waals surface area contributed by atoms with Crippen LogP contribution in [0.25, 0.3) is 11.1 Å². The highest BCUT2D eigenvalue weighted by molar-refractivity contribution is 5.76. The predicted molar refractivity (Wildman–Crippen MR) is 158 cm³/mol. The number of ether oxygens (including phenoxy) is 2. The van der Waals surface area contributed by atoms with E-state index in [0.29, 0.717) is 37.6 Å². The zero-order chi connectivity index (χ0) is 27.7. The van der Waals surface area contributed by atoms with Gasteiger partial charge < -0.3 is 19.3 Å². The topological polar surface area (TPSA) is 74.7 Å². The Morgan fingerprint density at radius 2 is 1.57 bits per heavy atom. The molecule has 2 fully saturated rings. The van der Waals surface area contributed by atoms with Crippen LogP contribution in [0.3, 0.4) is 0 Å². The molecule has 8 nitrogen and oxygen atoms in total. The van der Waals surface area contributed by atoms with Crippen molar-refractivity contribution in [3.8, 4) is 22.6 Å². The normalized spacial score (nSPS) is 16.5. The van der Waals surface area contributed by atoms with Crippen molar-refractivity contribution in [1.29, 1.82) is 0 Å². The number of hydrogen-bond acceptors (Lipinski definition) is 7. The Hall–Kier alpha value is -3.91. The molecular weight excluding hydrogens is 504 g/mol. The van der Waals surface area contributed by atoms with Crippen molar-refractivity contribution in [3.63, 3.8) is 0 Å². The maximum Gasteiger partial charge on any atom is 0.223 e. The molecule has 0 atom stereocenters. The van der Waals surface area contributed by atoms with Gasteiger partial charge in [-0.3, -0.25) is 9.69 Å². The lowest BCUT2D eigenvalue weighted by molar-refractivity contribution is -0.133. The van der Waals surface area contributed by atoms with Gasteiger partial charge in [0.25, 0.3) is 0 Å². The molecule has 2 aliphatic heterocycles. The van der Waals surface area contributed by atoms with Crippen LogP contribution in [0.2, 0.25) is 0 Å². The zero-order valence-corrected chi connectivity index (χ0v) is 23.2. The summed E-state index contributed by atoms with van der Waals surface area (Å²) >= 11 is 0. The number of rotatable bonds is 10. The number of carbonyl (C=O) groups excluding carboxylic acids is 1. The van der Waals surface area contributed by atoms with Gasteiger partial charge in [-0.2, -0.15) is 0 Å².